The number of aromatic hydroxyl groups is 1. The molecule has 0 saturated carbocycles. The van der Waals surface area contributed by atoms with E-state index in [0.717, 1.165) is 0 Å². The monoisotopic (exact) mass is 547 g/mol. The smallest absolute Gasteiger partial charge is 0.326 e. The molecule has 14 nitrogen and oxygen atoms in total. The summed E-state index contributed by atoms with van der Waals surface area (Å²) in [6.07, 6.45) is 2.81. The standard InChI is InChI=1S/C25H37N7O7/c1-14(33)21(27)24(37)32-19(10-15-5-7-17(34)8-6-15)22(35)31-20(11-16-12-28-13-29-16)23(36)30-18(25(38)39)4-2-3-9-26/h5-8,12-14,18-21,33-34H,2-4,9-11,26-27H2,1H3,(H,28,29)(H,30,36)(H,31,35)(H,32,37)(H,38,39). The van der Waals surface area contributed by atoms with E-state index in [-0.39, 0.29) is 25.0 Å². The number of carboxylic acid groups (broad SMARTS) is 1. The molecular formula is C25H37N7O7. The summed E-state index contributed by atoms with van der Waals surface area (Å²) in [4.78, 5) is 57.6. The second-order valence-electron chi connectivity index (χ2n) is 9.22. The average Bonchev–Trinajstić information content (AvgIpc) is 3.41. The molecule has 3 amide bonds. The van der Waals surface area contributed by atoms with Gasteiger partial charge in [-0.2, -0.15) is 0 Å². The minimum atomic E-state index is -1.31. The summed E-state index contributed by atoms with van der Waals surface area (Å²) in [7, 11) is 0. The van der Waals surface area contributed by atoms with Gasteiger partial charge in [-0.1, -0.05) is 12.1 Å². The van der Waals surface area contributed by atoms with Crippen molar-refractivity contribution in [2.24, 2.45) is 11.5 Å². The molecule has 11 N–H and O–H groups in total. The molecule has 2 rings (SSSR count). The van der Waals surface area contributed by atoms with E-state index < -0.39 is 54.0 Å². The van der Waals surface area contributed by atoms with Crippen LogP contribution in [0.25, 0.3) is 0 Å². The molecule has 1 heterocycles. The van der Waals surface area contributed by atoms with E-state index in [0.29, 0.717) is 30.6 Å². The second-order valence-corrected chi connectivity index (χ2v) is 9.22. The first-order valence-corrected chi connectivity index (χ1v) is 12.5. The number of aliphatic hydroxyl groups excluding tert-OH is 1. The van der Waals surface area contributed by atoms with Crippen LogP contribution < -0.4 is 27.4 Å². The van der Waals surface area contributed by atoms with E-state index in [1.165, 1.54) is 31.6 Å². The zero-order chi connectivity index (χ0) is 28.9. The summed E-state index contributed by atoms with van der Waals surface area (Å²) in [5.41, 5.74) is 12.3. The van der Waals surface area contributed by atoms with Gasteiger partial charge in [-0.25, -0.2) is 9.78 Å². The van der Waals surface area contributed by atoms with Crippen molar-refractivity contribution in [3.63, 3.8) is 0 Å². The molecule has 0 bridgehead atoms. The number of unbranched alkanes of at least 4 members (excludes halogenated alkanes) is 1. The molecule has 5 atom stereocenters. The Morgan fingerprint density at radius 1 is 0.949 bits per heavy atom. The van der Waals surface area contributed by atoms with Crippen LogP contribution in [0.2, 0.25) is 0 Å². The lowest BCUT2D eigenvalue weighted by molar-refractivity contribution is -0.142. The number of aliphatic hydroxyl groups is 1. The first kappa shape index (κ1) is 31.2. The van der Waals surface area contributed by atoms with Crippen LogP contribution in [0.5, 0.6) is 5.75 Å². The van der Waals surface area contributed by atoms with Gasteiger partial charge >= 0.3 is 5.97 Å². The fourth-order valence-corrected chi connectivity index (χ4v) is 3.68. The number of aromatic nitrogens is 2. The number of phenols is 1. The summed E-state index contributed by atoms with van der Waals surface area (Å²) in [6.45, 7) is 1.71. The highest BCUT2D eigenvalue weighted by Gasteiger charge is 2.31. The summed E-state index contributed by atoms with van der Waals surface area (Å²) in [6, 6.07) is 1.00. The number of rotatable bonds is 16. The number of nitrogens with one attached hydrogen (secondary N) is 4. The maximum atomic E-state index is 13.4. The maximum Gasteiger partial charge on any atom is 0.326 e. The Kier molecular flexibility index (Phi) is 12.3. The molecule has 214 valence electrons. The number of benzene rings is 1. The number of imidazole rings is 1. The van der Waals surface area contributed by atoms with Crippen LogP contribution in [0.3, 0.4) is 0 Å². The zero-order valence-corrected chi connectivity index (χ0v) is 21.7. The number of amides is 3. The Morgan fingerprint density at radius 2 is 1.54 bits per heavy atom. The molecule has 0 spiro atoms. The predicted octanol–water partition coefficient (Wildman–Crippen LogP) is -1.72. The highest BCUT2D eigenvalue weighted by atomic mass is 16.4. The van der Waals surface area contributed by atoms with Crippen molar-refractivity contribution >= 4 is 23.7 Å². The Hall–Kier alpha value is -4.01. The van der Waals surface area contributed by atoms with E-state index in [4.69, 9.17) is 11.5 Å². The molecule has 2 aromatic rings. The van der Waals surface area contributed by atoms with Crippen molar-refractivity contribution in [2.45, 2.75) is 69.3 Å². The SMILES string of the molecule is CC(O)C(N)C(=O)NC(Cc1ccc(O)cc1)C(=O)NC(Cc1cnc[nH]1)C(=O)NC(CCCCN)C(=O)O. The van der Waals surface area contributed by atoms with Gasteiger partial charge in [0.1, 0.15) is 29.9 Å². The summed E-state index contributed by atoms with van der Waals surface area (Å²) in [5, 5.41) is 36.4. The number of carbonyl (C=O) groups excluding carboxylic acids is 3. The molecule has 0 aliphatic rings. The van der Waals surface area contributed by atoms with E-state index in [1.807, 2.05) is 0 Å². The molecule has 39 heavy (non-hydrogen) atoms. The average molecular weight is 548 g/mol. The van der Waals surface area contributed by atoms with Crippen molar-refractivity contribution in [2.75, 3.05) is 6.54 Å². The van der Waals surface area contributed by atoms with Crippen LogP contribution in [0, 0.1) is 0 Å². The highest BCUT2D eigenvalue weighted by Crippen LogP contribution is 2.12. The lowest BCUT2D eigenvalue weighted by atomic mass is 10.0. The third kappa shape index (κ3) is 10.3. The van der Waals surface area contributed by atoms with Crippen molar-refractivity contribution in [1.29, 1.82) is 0 Å². The first-order valence-electron chi connectivity index (χ1n) is 12.5. The minimum Gasteiger partial charge on any atom is -0.508 e. The molecule has 1 aromatic carbocycles. The molecule has 0 saturated heterocycles. The number of aliphatic carboxylic acids is 1. The van der Waals surface area contributed by atoms with Crippen molar-refractivity contribution < 1.29 is 34.5 Å². The van der Waals surface area contributed by atoms with Gasteiger partial charge in [-0.15, -0.1) is 0 Å². The highest BCUT2D eigenvalue weighted by molar-refractivity contribution is 5.94. The lowest BCUT2D eigenvalue weighted by Crippen LogP contribution is -2.59. The number of hydrogen-bond donors (Lipinski definition) is 9. The summed E-state index contributed by atoms with van der Waals surface area (Å²) < 4.78 is 0. The van der Waals surface area contributed by atoms with Gasteiger partial charge < -0.3 is 47.7 Å². The van der Waals surface area contributed by atoms with Gasteiger partial charge in [0.2, 0.25) is 17.7 Å². The molecule has 1 aromatic heterocycles. The molecule has 14 heteroatoms. The van der Waals surface area contributed by atoms with Crippen molar-refractivity contribution in [3.8, 4) is 5.75 Å². The van der Waals surface area contributed by atoms with Gasteiger partial charge in [-0.05, 0) is 50.4 Å². The first-order chi connectivity index (χ1) is 18.5. The number of H-pyrrole nitrogens is 1. The fourth-order valence-electron chi connectivity index (χ4n) is 3.68. The van der Waals surface area contributed by atoms with Gasteiger partial charge in [0.25, 0.3) is 0 Å². The number of carboxylic acids is 1. The Bertz CT molecular complexity index is 1080. The van der Waals surface area contributed by atoms with Crippen LogP contribution in [-0.2, 0) is 32.0 Å². The topological polar surface area (TPSA) is 246 Å². The summed E-state index contributed by atoms with van der Waals surface area (Å²) >= 11 is 0. The molecule has 0 aliphatic heterocycles. The van der Waals surface area contributed by atoms with Crippen LogP contribution in [0.1, 0.15) is 37.4 Å². The minimum absolute atomic E-state index is 0.00987. The quantitative estimate of drug-likeness (QED) is 0.108. The van der Waals surface area contributed by atoms with E-state index in [1.54, 1.807) is 12.1 Å². The number of nitrogens with two attached hydrogens (primary N) is 2. The Balaban J connectivity index is 2.26. The van der Waals surface area contributed by atoms with Gasteiger partial charge in [0.05, 0.1) is 12.4 Å². The third-order valence-corrected chi connectivity index (χ3v) is 6.00. The normalized spacial score (nSPS) is 14.9. The van der Waals surface area contributed by atoms with Crippen LogP contribution >= 0.6 is 0 Å². The molecular weight excluding hydrogens is 510 g/mol. The maximum absolute atomic E-state index is 13.4. The number of carbonyl (C=O) groups is 4. The molecule has 5 unspecified atom stereocenters. The summed E-state index contributed by atoms with van der Waals surface area (Å²) in [5.74, 6) is -3.49. The second kappa shape index (κ2) is 15.4. The third-order valence-electron chi connectivity index (χ3n) is 6.00. The van der Waals surface area contributed by atoms with Crippen molar-refractivity contribution in [3.05, 3.63) is 48.0 Å². The van der Waals surface area contributed by atoms with Gasteiger partial charge in [0.15, 0.2) is 0 Å². The number of hydrogen-bond acceptors (Lipinski definition) is 9. The van der Waals surface area contributed by atoms with Crippen LogP contribution in [-0.4, -0.2) is 85.8 Å². The van der Waals surface area contributed by atoms with E-state index in [2.05, 4.69) is 25.9 Å². The molecule has 0 radical (unpaired) electrons. The van der Waals surface area contributed by atoms with Gasteiger partial charge in [-0.3, -0.25) is 14.4 Å². The number of phenolic OH excluding ortho intramolecular Hbond substituents is 1. The van der Waals surface area contributed by atoms with E-state index in [9.17, 15) is 34.5 Å². The van der Waals surface area contributed by atoms with Gasteiger partial charge in [0, 0.05) is 24.7 Å². The van der Waals surface area contributed by atoms with Crippen molar-refractivity contribution in [1.82, 2.24) is 25.9 Å². The number of aromatic amines is 1. The van der Waals surface area contributed by atoms with E-state index >= 15 is 0 Å². The van der Waals surface area contributed by atoms with Crippen LogP contribution in [0.15, 0.2) is 36.8 Å². The molecule has 0 fully saturated rings. The molecule has 0 aliphatic carbocycles. The zero-order valence-electron chi connectivity index (χ0n) is 21.7. The van der Waals surface area contributed by atoms with Crippen LogP contribution in [0.4, 0.5) is 0 Å². The Morgan fingerprint density at radius 3 is 2.08 bits per heavy atom. The lowest BCUT2D eigenvalue weighted by Gasteiger charge is -2.25. The Labute approximate surface area is 225 Å². The predicted molar refractivity (Wildman–Crippen MR) is 140 cm³/mol. The fraction of sp³-hybridized carbons (Fsp3) is 0.480. The largest absolute Gasteiger partial charge is 0.508 e. The number of nitrogens with zero attached hydrogens (tertiary/aromatic N) is 1.